The molecule has 0 aliphatic carbocycles. The number of phenolic OH excluding ortho intramolecular Hbond substituents is 1. The molecule has 19 heavy (non-hydrogen) atoms. The molecule has 2 N–H and O–H groups in total. The van der Waals surface area contributed by atoms with Gasteiger partial charge in [0.25, 0.3) is 0 Å². The van der Waals surface area contributed by atoms with Gasteiger partial charge >= 0.3 is 0 Å². The number of nitrogens with zero attached hydrogens (tertiary/aromatic N) is 1. The van der Waals surface area contributed by atoms with E-state index in [1.807, 2.05) is 36.5 Å². The van der Waals surface area contributed by atoms with Crippen LogP contribution in [0.25, 0.3) is 10.9 Å². The highest BCUT2D eigenvalue weighted by Crippen LogP contribution is 2.21. The van der Waals surface area contributed by atoms with E-state index in [1.54, 1.807) is 12.1 Å². The second-order valence-electron chi connectivity index (χ2n) is 4.62. The smallest absolute Gasteiger partial charge is 0.115 e. The largest absolute Gasteiger partial charge is 0.508 e. The Morgan fingerprint density at radius 1 is 0.947 bits per heavy atom. The van der Waals surface area contributed by atoms with E-state index in [2.05, 4.69) is 10.6 Å². The van der Waals surface area contributed by atoms with Crippen molar-refractivity contribution in [2.24, 2.45) is 0 Å². The van der Waals surface area contributed by atoms with Crippen molar-refractivity contribution in [3.63, 3.8) is 0 Å². The molecule has 0 spiro atoms. The fourth-order valence-electron chi connectivity index (χ4n) is 2.36. The third-order valence-electron chi connectivity index (χ3n) is 3.36. The van der Waals surface area contributed by atoms with E-state index in [9.17, 15) is 10.2 Å². The molecule has 0 atom stereocenters. The molecule has 0 fully saturated rings. The molecule has 0 saturated carbocycles. The average Bonchev–Trinajstić information content (AvgIpc) is 2.84. The lowest BCUT2D eigenvalue weighted by molar-refractivity contribution is 0.283. The Morgan fingerprint density at radius 2 is 1.74 bits per heavy atom. The zero-order valence-corrected chi connectivity index (χ0v) is 10.5. The van der Waals surface area contributed by atoms with Crippen LogP contribution in [0.5, 0.6) is 5.75 Å². The van der Waals surface area contributed by atoms with Gasteiger partial charge in [0, 0.05) is 23.6 Å². The molecule has 0 saturated heterocycles. The number of aromatic hydroxyl groups is 1. The van der Waals surface area contributed by atoms with Crippen LogP contribution in [0.15, 0.2) is 54.7 Å². The fraction of sp³-hybridized carbons (Fsp3) is 0.125. The zero-order valence-electron chi connectivity index (χ0n) is 10.5. The summed E-state index contributed by atoms with van der Waals surface area (Å²) in [7, 11) is 0. The van der Waals surface area contributed by atoms with Gasteiger partial charge in [0.05, 0.1) is 6.61 Å². The molecule has 96 valence electrons. The van der Waals surface area contributed by atoms with E-state index < -0.39 is 0 Å². The molecule has 0 aliphatic heterocycles. The van der Waals surface area contributed by atoms with Crippen LogP contribution in [0.1, 0.15) is 11.1 Å². The number of hydrogen-bond donors (Lipinski definition) is 2. The Bertz CT molecular complexity index is 698. The van der Waals surface area contributed by atoms with Crippen molar-refractivity contribution in [2.45, 2.75) is 13.2 Å². The van der Waals surface area contributed by atoms with Crippen molar-refractivity contribution < 1.29 is 10.2 Å². The second kappa shape index (κ2) is 4.78. The van der Waals surface area contributed by atoms with E-state index >= 15 is 0 Å². The highest BCUT2D eigenvalue weighted by atomic mass is 16.3. The van der Waals surface area contributed by atoms with E-state index in [0.717, 1.165) is 28.6 Å². The molecule has 0 bridgehead atoms. The molecule has 0 amide bonds. The summed E-state index contributed by atoms with van der Waals surface area (Å²) in [4.78, 5) is 0. The number of aliphatic hydroxyl groups excluding tert-OH is 1. The number of benzene rings is 2. The van der Waals surface area contributed by atoms with Crippen molar-refractivity contribution in [3.8, 4) is 5.75 Å². The predicted octanol–water partition coefficient (Wildman–Crippen LogP) is 2.89. The summed E-state index contributed by atoms with van der Waals surface area (Å²) in [5.74, 6) is 0.281. The Morgan fingerprint density at radius 3 is 2.47 bits per heavy atom. The van der Waals surface area contributed by atoms with Crippen molar-refractivity contribution in [2.75, 3.05) is 0 Å². The van der Waals surface area contributed by atoms with Gasteiger partial charge in [0.2, 0.25) is 0 Å². The highest BCUT2D eigenvalue weighted by molar-refractivity contribution is 5.83. The quantitative estimate of drug-likeness (QED) is 0.754. The van der Waals surface area contributed by atoms with Crippen LogP contribution in [0.2, 0.25) is 0 Å². The van der Waals surface area contributed by atoms with Crippen LogP contribution in [0.3, 0.4) is 0 Å². The molecule has 1 aromatic heterocycles. The SMILES string of the molecule is OCc1cccc2c1ccn2Cc1ccc(O)cc1. The van der Waals surface area contributed by atoms with Gasteiger partial charge in [-0.1, -0.05) is 24.3 Å². The summed E-state index contributed by atoms with van der Waals surface area (Å²) in [6.07, 6.45) is 2.02. The topological polar surface area (TPSA) is 45.4 Å². The average molecular weight is 253 g/mol. The molecule has 3 rings (SSSR count). The van der Waals surface area contributed by atoms with E-state index in [0.29, 0.717) is 0 Å². The Kier molecular flexibility index (Phi) is 2.97. The van der Waals surface area contributed by atoms with Gasteiger partial charge in [-0.2, -0.15) is 0 Å². The Balaban J connectivity index is 1.99. The van der Waals surface area contributed by atoms with Crippen molar-refractivity contribution in [3.05, 3.63) is 65.9 Å². The molecule has 0 aliphatic rings. The fourth-order valence-corrected chi connectivity index (χ4v) is 2.36. The summed E-state index contributed by atoms with van der Waals surface area (Å²) in [5.41, 5.74) is 3.19. The molecule has 0 unspecified atom stereocenters. The normalized spacial score (nSPS) is 11.0. The first-order valence-electron chi connectivity index (χ1n) is 6.23. The van der Waals surface area contributed by atoms with Crippen LogP contribution in [-0.2, 0) is 13.2 Å². The monoisotopic (exact) mass is 253 g/mol. The molecule has 3 aromatic rings. The summed E-state index contributed by atoms with van der Waals surface area (Å²) in [5, 5.41) is 19.7. The summed E-state index contributed by atoms with van der Waals surface area (Å²) >= 11 is 0. The van der Waals surface area contributed by atoms with Gasteiger partial charge in [-0.25, -0.2) is 0 Å². The third-order valence-corrected chi connectivity index (χ3v) is 3.36. The van der Waals surface area contributed by atoms with Crippen LogP contribution >= 0.6 is 0 Å². The van der Waals surface area contributed by atoms with Gasteiger partial charge in [-0.3, -0.25) is 0 Å². The molecule has 1 heterocycles. The van der Waals surface area contributed by atoms with Gasteiger partial charge in [0.15, 0.2) is 0 Å². The van der Waals surface area contributed by atoms with Crippen LogP contribution < -0.4 is 0 Å². The number of hydrogen-bond acceptors (Lipinski definition) is 2. The molecule has 3 heteroatoms. The first-order chi connectivity index (χ1) is 9.28. The third kappa shape index (κ3) is 2.20. The summed E-state index contributed by atoms with van der Waals surface area (Å²) in [6.45, 7) is 0.805. The molecule has 0 radical (unpaired) electrons. The van der Waals surface area contributed by atoms with Gasteiger partial charge < -0.3 is 14.8 Å². The maximum Gasteiger partial charge on any atom is 0.115 e. The first-order valence-corrected chi connectivity index (χ1v) is 6.23. The van der Waals surface area contributed by atoms with Gasteiger partial charge in [-0.15, -0.1) is 0 Å². The zero-order chi connectivity index (χ0) is 13.2. The highest BCUT2D eigenvalue weighted by Gasteiger charge is 2.05. The Hall–Kier alpha value is -2.26. The van der Waals surface area contributed by atoms with Gasteiger partial charge in [-0.05, 0) is 35.4 Å². The van der Waals surface area contributed by atoms with Crippen molar-refractivity contribution >= 4 is 10.9 Å². The van der Waals surface area contributed by atoms with Crippen LogP contribution in [0, 0.1) is 0 Å². The number of phenols is 1. The lowest BCUT2D eigenvalue weighted by atomic mass is 10.1. The van der Waals surface area contributed by atoms with Crippen molar-refractivity contribution in [1.82, 2.24) is 4.57 Å². The minimum absolute atomic E-state index is 0.0561. The number of aliphatic hydroxyl groups is 1. The number of fused-ring (bicyclic) bond motifs is 1. The summed E-state index contributed by atoms with van der Waals surface area (Å²) in [6, 6.07) is 15.2. The molecular formula is C16H15NO2. The molecule has 2 aromatic carbocycles. The van der Waals surface area contributed by atoms with Gasteiger partial charge in [0.1, 0.15) is 5.75 Å². The Labute approximate surface area is 111 Å². The lowest BCUT2D eigenvalue weighted by Gasteiger charge is -2.07. The van der Waals surface area contributed by atoms with E-state index in [4.69, 9.17) is 0 Å². The first kappa shape index (κ1) is 11.8. The molecular weight excluding hydrogens is 238 g/mol. The van der Waals surface area contributed by atoms with Crippen LogP contribution in [0.4, 0.5) is 0 Å². The second-order valence-corrected chi connectivity index (χ2v) is 4.62. The standard InChI is InChI=1S/C16H15NO2/c18-11-13-2-1-3-16-15(13)8-9-17(16)10-12-4-6-14(19)7-5-12/h1-9,18-19H,10-11H2. The number of aromatic nitrogens is 1. The summed E-state index contributed by atoms with van der Waals surface area (Å²) < 4.78 is 2.14. The maximum absolute atomic E-state index is 9.33. The lowest BCUT2D eigenvalue weighted by Crippen LogP contribution is -1.97. The van der Waals surface area contributed by atoms with E-state index in [-0.39, 0.29) is 12.4 Å². The van der Waals surface area contributed by atoms with Crippen molar-refractivity contribution in [1.29, 1.82) is 0 Å². The van der Waals surface area contributed by atoms with Crippen LogP contribution in [-0.4, -0.2) is 14.8 Å². The minimum atomic E-state index is 0.0561. The predicted molar refractivity (Wildman–Crippen MR) is 75.1 cm³/mol. The van der Waals surface area contributed by atoms with E-state index in [1.165, 1.54) is 0 Å². The minimum Gasteiger partial charge on any atom is -0.508 e. The molecule has 3 nitrogen and oxygen atoms in total. The maximum atomic E-state index is 9.33. The number of rotatable bonds is 3.